The molecule has 0 saturated heterocycles. The zero-order valence-corrected chi connectivity index (χ0v) is 15.7. The Morgan fingerprint density at radius 3 is 2.65 bits per heavy atom. The predicted octanol–water partition coefficient (Wildman–Crippen LogP) is 2.21. The van der Waals surface area contributed by atoms with E-state index < -0.39 is 5.91 Å². The quantitative estimate of drug-likeness (QED) is 0.678. The third kappa shape index (κ3) is 2.76. The minimum Gasteiger partial charge on any atom is -0.267 e. The second-order valence-electron chi connectivity index (χ2n) is 6.52. The molecule has 3 aromatic rings. The summed E-state index contributed by atoms with van der Waals surface area (Å²) < 4.78 is 1.69. The van der Waals surface area contributed by atoms with Gasteiger partial charge in [-0.05, 0) is 50.8 Å². The summed E-state index contributed by atoms with van der Waals surface area (Å²) in [4.78, 5) is 31.2. The van der Waals surface area contributed by atoms with E-state index in [1.54, 1.807) is 17.7 Å². The molecule has 0 aromatic carbocycles. The molecule has 0 fully saturated rings. The number of carbonyl (C=O) groups is 2. The first kappa shape index (κ1) is 16.7. The van der Waals surface area contributed by atoms with Crippen molar-refractivity contribution in [3.63, 3.8) is 0 Å². The summed E-state index contributed by atoms with van der Waals surface area (Å²) in [5, 5.41) is 5.15. The second-order valence-corrected chi connectivity index (χ2v) is 7.66. The van der Waals surface area contributed by atoms with Crippen LogP contribution in [0.25, 0.3) is 11.0 Å². The minimum atomic E-state index is -0.391. The van der Waals surface area contributed by atoms with Crippen LogP contribution in [0.3, 0.4) is 0 Å². The number of rotatable bonds is 2. The van der Waals surface area contributed by atoms with Crippen molar-refractivity contribution in [3.05, 3.63) is 44.4 Å². The molecule has 0 spiro atoms. The number of hydrazine groups is 1. The topological polar surface area (TPSA) is 88.9 Å². The molecule has 3 aromatic heterocycles. The lowest BCUT2D eigenvalue weighted by Crippen LogP contribution is -2.41. The molecule has 1 aliphatic carbocycles. The summed E-state index contributed by atoms with van der Waals surface area (Å²) >= 11 is 1.50. The molecule has 0 saturated carbocycles. The lowest BCUT2D eigenvalue weighted by molar-refractivity contribution is 0.0848. The summed E-state index contributed by atoms with van der Waals surface area (Å²) in [6, 6.07) is 3.69. The van der Waals surface area contributed by atoms with E-state index in [1.165, 1.54) is 21.8 Å². The number of fused-ring (bicyclic) bond motifs is 2. The van der Waals surface area contributed by atoms with Gasteiger partial charge in [0, 0.05) is 17.3 Å². The van der Waals surface area contributed by atoms with Gasteiger partial charge in [0.1, 0.15) is 0 Å². The molecule has 8 heteroatoms. The second kappa shape index (κ2) is 6.21. The van der Waals surface area contributed by atoms with Crippen LogP contribution in [-0.4, -0.2) is 26.6 Å². The standard InChI is InChI=1S/C18H19N5O2S/c1-9-13(8-12-10(2)22-23(3)16(12)19-9)17(24)20-21-18(25)15-7-11-5-4-6-14(11)26-15/h7-8H,4-6H2,1-3H3,(H,20,24)(H,21,25). The normalized spacial score (nSPS) is 13.0. The fraction of sp³-hybridized carbons (Fsp3) is 0.333. The average Bonchev–Trinajstić information content (AvgIpc) is 3.26. The SMILES string of the molecule is Cc1nc2c(cc1C(=O)NNC(=O)c1cc3c(s1)CCC3)c(C)nn2C. The maximum Gasteiger partial charge on any atom is 0.279 e. The highest BCUT2D eigenvalue weighted by atomic mass is 32.1. The summed E-state index contributed by atoms with van der Waals surface area (Å²) in [7, 11) is 1.82. The van der Waals surface area contributed by atoms with E-state index in [-0.39, 0.29) is 5.91 Å². The maximum absolute atomic E-state index is 12.5. The van der Waals surface area contributed by atoms with E-state index in [9.17, 15) is 9.59 Å². The molecule has 3 heterocycles. The molecule has 4 rings (SSSR count). The van der Waals surface area contributed by atoms with Gasteiger partial charge in [-0.3, -0.25) is 25.1 Å². The van der Waals surface area contributed by atoms with E-state index in [2.05, 4.69) is 20.9 Å². The van der Waals surface area contributed by atoms with Gasteiger partial charge in [-0.25, -0.2) is 4.98 Å². The van der Waals surface area contributed by atoms with Gasteiger partial charge in [-0.1, -0.05) is 0 Å². The van der Waals surface area contributed by atoms with Gasteiger partial charge in [0.25, 0.3) is 11.8 Å². The van der Waals surface area contributed by atoms with Crippen LogP contribution in [0.1, 0.15) is 48.3 Å². The molecule has 1 aliphatic rings. The molecule has 2 amide bonds. The maximum atomic E-state index is 12.5. The predicted molar refractivity (Wildman–Crippen MR) is 99.3 cm³/mol. The Kier molecular flexibility index (Phi) is 3.99. The van der Waals surface area contributed by atoms with Crippen molar-refractivity contribution in [2.45, 2.75) is 33.1 Å². The van der Waals surface area contributed by atoms with E-state index >= 15 is 0 Å². The number of nitrogens with zero attached hydrogens (tertiary/aromatic N) is 3. The van der Waals surface area contributed by atoms with Gasteiger partial charge in [-0.15, -0.1) is 11.3 Å². The highest BCUT2D eigenvalue weighted by molar-refractivity contribution is 7.14. The largest absolute Gasteiger partial charge is 0.279 e. The fourth-order valence-electron chi connectivity index (χ4n) is 3.35. The number of hydrogen-bond donors (Lipinski definition) is 2. The Balaban J connectivity index is 1.51. The van der Waals surface area contributed by atoms with Crippen molar-refractivity contribution >= 4 is 34.2 Å². The monoisotopic (exact) mass is 369 g/mol. The van der Waals surface area contributed by atoms with Gasteiger partial charge >= 0.3 is 0 Å². The minimum absolute atomic E-state index is 0.290. The first-order valence-electron chi connectivity index (χ1n) is 8.47. The van der Waals surface area contributed by atoms with Gasteiger partial charge in [0.05, 0.1) is 21.8 Å². The molecule has 0 aliphatic heterocycles. The van der Waals surface area contributed by atoms with Crippen LogP contribution in [0.4, 0.5) is 0 Å². The van der Waals surface area contributed by atoms with Crippen LogP contribution in [0, 0.1) is 13.8 Å². The Morgan fingerprint density at radius 2 is 1.88 bits per heavy atom. The average molecular weight is 369 g/mol. The van der Waals surface area contributed by atoms with Crippen molar-refractivity contribution in [1.82, 2.24) is 25.6 Å². The number of aromatic nitrogens is 3. The molecule has 26 heavy (non-hydrogen) atoms. The van der Waals surface area contributed by atoms with Crippen molar-refractivity contribution < 1.29 is 9.59 Å². The summed E-state index contributed by atoms with van der Waals surface area (Å²) in [6.45, 7) is 3.64. The number of hydrogen-bond acceptors (Lipinski definition) is 5. The third-order valence-corrected chi connectivity index (χ3v) is 5.93. The van der Waals surface area contributed by atoms with Crippen molar-refractivity contribution in [1.29, 1.82) is 0 Å². The molecule has 0 bridgehead atoms. The molecule has 0 radical (unpaired) electrons. The number of aryl methyl sites for hydroxylation is 5. The molecular formula is C18H19N5O2S. The third-order valence-electron chi connectivity index (χ3n) is 4.69. The lowest BCUT2D eigenvalue weighted by atomic mass is 10.1. The number of thiophene rings is 1. The van der Waals surface area contributed by atoms with Gasteiger partial charge in [0.2, 0.25) is 0 Å². The Labute approximate surface area is 154 Å². The highest BCUT2D eigenvalue weighted by Crippen LogP contribution is 2.30. The highest BCUT2D eigenvalue weighted by Gasteiger charge is 2.20. The smallest absolute Gasteiger partial charge is 0.267 e. The van der Waals surface area contributed by atoms with E-state index in [1.807, 2.05) is 20.0 Å². The Bertz CT molecular complexity index is 1030. The van der Waals surface area contributed by atoms with Crippen molar-refractivity contribution in [2.75, 3.05) is 0 Å². The van der Waals surface area contributed by atoms with E-state index in [4.69, 9.17) is 0 Å². The van der Waals surface area contributed by atoms with Crippen molar-refractivity contribution in [2.24, 2.45) is 7.05 Å². The number of carbonyl (C=O) groups excluding carboxylic acids is 2. The molecule has 2 N–H and O–H groups in total. The van der Waals surface area contributed by atoms with Crippen LogP contribution in [0.5, 0.6) is 0 Å². The molecule has 0 atom stereocenters. The van der Waals surface area contributed by atoms with Crippen LogP contribution in [0.2, 0.25) is 0 Å². The number of pyridine rings is 1. The molecular weight excluding hydrogens is 350 g/mol. The van der Waals surface area contributed by atoms with Crippen LogP contribution in [-0.2, 0) is 19.9 Å². The van der Waals surface area contributed by atoms with Crippen LogP contribution in [0.15, 0.2) is 12.1 Å². The Morgan fingerprint density at radius 1 is 1.12 bits per heavy atom. The van der Waals surface area contributed by atoms with Gasteiger partial charge < -0.3 is 0 Å². The van der Waals surface area contributed by atoms with Crippen LogP contribution < -0.4 is 10.9 Å². The summed E-state index contributed by atoms with van der Waals surface area (Å²) in [5.74, 6) is -0.681. The van der Waals surface area contributed by atoms with Crippen molar-refractivity contribution in [3.8, 4) is 0 Å². The van der Waals surface area contributed by atoms with Gasteiger partial charge in [-0.2, -0.15) is 5.10 Å². The number of nitrogens with one attached hydrogen (secondary N) is 2. The van der Waals surface area contributed by atoms with Crippen LogP contribution >= 0.6 is 11.3 Å². The Hall–Kier alpha value is -2.74. The fourth-order valence-corrected chi connectivity index (χ4v) is 4.49. The summed E-state index contributed by atoms with van der Waals surface area (Å²) in [6.07, 6.45) is 3.22. The summed E-state index contributed by atoms with van der Waals surface area (Å²) in [5.41, 5.74) is 8.79. The lowest BCUT2D eigenvalue weighted by Gasteiger charge is -2.08. The zero-order valence-electron chi connectivity index (χ0n) is 14.8. The zero-order chi connectivity index (χ0) is 18.4. The first-order valence-corrected chi connectivity index (χ1v) is 9.29. The molecule has 7 nitrogen and oxygen atoms in total. The van der Waals surface area contributed by atoms with E-state index in [0.717, 1.165) is 36.0 Å². The molecule has 134 valence electrons. The first-order chi connectivity index (χ1) is 12.4. The van der Waals surface area contributed by atoms with E-state index in [0.29, 0.717) is 16.1 Å². The molecule has 0 unspecified atom stereocenters. The van der Waals surface area contributed by atoms with Gasteiger partial charge in [0.15, 0.2) is 5.65 Å². The number of amides is 2.